The summed E-state index contributed by atoms with van der Waals surface area (Å²) in [5.41, 5.74) is 3.65. The Morgan fingerprint density at radius 1 is 1.22 bits per heavy atom. The van der Waals surface area contributed by atoms with E-state index in [4.69, 9.17) is 0 Å². The molecule has 118 valence electrons. The van der Waals surface area contributed by atoms with Gasteiger partial charge in [0.05, 0.1) is 19.8 Å². The van der Waals surface area contributed by atoms with Gasteiger partial charge in [0.15, 0.2) is 0 Å². The molecule has 3 rings (SSSR count). The van der Waals surface area contributed by atoms with E-state index in [1.54, 1.807) is 0 Å². The second-order valence-corrected chi connectivity index (χ2v) is 5.81. The minimum Gasteiger partial charge on any atom is -0.385 e. The van der Waals surface area contributed by atoms with Gasteiger partial charge in [-0.15, -0.1) is 0 Å². The van der Waals surface area contributed by atoms with E-state index >= 15 is 0 Å². The number of aromatic nitrogens is 2. The van der Waals surface area contributed by atoms with Gasteiger partial charge in [-0.25, -0.2) is 4.57 Å². The highest BCUT2D eigenvalue weighted by atomic mass is 15.1. The second-order valence-electron chi connectivity index (χ2n) is 5.81. The maximum Gasteiger partial charge on any atom is 0.241 e. The van der Waals surface area contributed by atoms with Crippen molar-refractivity contribution >= 4 is 11.8 Å². The number of aryl methyl sites for hydroxylation is 1. The lowest BCUT2D eigenvalue weighted by atomic mass is 10.1. The van der Waals surface area contributed by atoms with Crippen LogP contribution < -0.4 is 14.8 Å². The maximum absolute atomic E-state index is 3.46. The molecule has 2 heterocycles. The number of rotatable bonds is 7. The van der Waals surface area contributed by atoms with E-state index in [2.05, 4.69) is 83.0 Å². The quantitative estimate of drug-likeness (QED) is 0.529. The fraction of sp³-hybridized carbons (Fsp3) is 0.211. The van der Waals surface area contributed by atoms with Crippen LogP contribution in [-0.2, 0) is 6.54 Å². The average molecular weight is 308 g/mol. The molecule has 0 radical (unpaired) electrons. The Kier molecular flexibility index (Phi) is 5.06. The number of allylic oxidation sites excluding steroid dienone is 3. The van der Waals surface area contributed by atoms with Crippen molar-refractivity contribution in [1.29, 1.82) is 0 Å². The average Bonchev–Trinajstić information content (AvgIpc) is 3.22. The van der Waals surface area contributed by atoms with Crippen molar-refractivity contribution in [2.24, 2.45) is 0 Å². The number of imidazole rings is 1. The Morgan fingerprint density at radius 3 is 2.78 bits per heavy atom. The lowest BCUT2D eigenvalue weighted by Crippen LogP contribution is -2.98. The number of hydrogen-bond acceptors (Lipinski definition) is 1. The van der Waals surface area contributed by atoms with Crippen LogP contribution in [0.1, 0.15) is 12.0 Å². The minimum atomic E-state index is 0.972. The van der Waals surface area contributed by atoms with E-state index in [9.17, 15) is 0 Å². The van der Waals surface area contributed by atoms with Crippen LogP contribution in [-0.4, -0.2) is 18.6 Å². The summed E-state index contributed by atoms with van der Waals surface area (Å²) in [6.45, 7) is 2.00. The summed E-state index contributed by atoms with van der Waals surface area (Å²) in [6.07, 6.45) is 17.9. The van der Waals surface area contributed by atoms with Gasteiger partial charge in [0, 0.05) is 30.3 Å². The lowest BCUT2D eigenvalue weighted by Gasteiger charge is -2.05. The van der Waals surface area contributed by atoms with Gasteiger partial charge in [-0.3, -0.25) is 9.88 Å². The number of aromatic amines is 1. The van der Waals surface area contributed by atoms with Crippen LogP contribution >= 0.6 is 0 Å². The third-order valence-electron chi connectivity index (χ3n) is 3.84. The highest BCUT2D eigenvalue weighted by Gasteiger charge is 2.02. The summed E-state index contributed by atoms with van der Waals surface area (Å²) in [6, 6.07) is 8.57. The molecule has 0 aliphatic carbocycles. The topological polar surface area (TPSA) is 36.1 Å². The van der Waals surface area contributed by atoms with Gasteiger partial charge >= 0.3 is 0 Å². The minimum absolute atomic E-state index is 0.972. The highest BCUT2D eigenvalue weighted by Crippen LogP contribution is 2.12. The summed E-state index contributed by atoms with van der Waals surface area (Å²) >= 11 is 0. The number of H-pyrrole nitrogens is 1. The second kappa shape index (κ2) is 7.61. The van der Waals surface area contributed by atoms with Crippen LogP contribution in [0.25, 0.3) is 6.08 Å². The van der Waals surface area contributed by atoms with Crippen LogP contribution in [0.3, 0.4) is 0 Å². The Balaban J connectivity index is 1.44. The molecule has 4 nitrogen and oxygen atoms in total. The van der Waals surface area contributed by atoms with Crippen molar-refractivity contribution in [2.45, 2.75) is 13.0 Å². The summed E-state index contributed by atoms with van der Waals surface area (Å²) in [5.74, 6) is 0. The molecular formula is C19H24N4+2. The number of nitrogens with zero attached hydrogens (tertiary/aromatic N) is 1. The number of hydrogen-bond donors (Lipinski definition) is 3. The van der Waals surface area contributed by atoms with Gasteiger partial charge in [-0.05, 0) is 23.8 Å². The van der Waals surface area contributed by atoms with Crippen molar-refractivity contribution in [3.63, 3.8) is 0 Å². The molecule has 2 aromatic rings. The molecule has 1 atom stereocenters. The zero-order valence-electron chi connectivity index (χ0n) is 13.5. The zero-order valence-corrected chi connectivity index (χ0v) is 13.5. The molecule has 23 heavy (non-hydrogen) atoms. The van der Waals surface area contributed by atoms with Gasteiger partial charge in [0.1, 0.15) is 18.6 Å². The van der Waals surface area contributed by atoms with Crippen molar-refractivity contribution in [1.82, 2.24) is 4.98 Å². The lowest BCUT2D eigenvalue weighted by molar-refractivity contribution is -0.763. The number of benzene rings is 1. The van der Waals surface area contributed by atoms with E-state index in [0.29, 0.717) is 0 Å². The molecule has 0 fully saturated rings. The standard InChI is InChI=1S/C19H22N4/c1-22-13-9-18(15-22)4-3-17-5-7-19(8-6-17)21-10-2-12-23-14-11-20-16-23/h3-9,11,13-16,21H,2,10,12H2,1H3/p+2/b4-3+. The molecule has 3 N–H and O–H groups in total. The van der Waals surface area contributed by atoms with Gasteiger partial charge in [0.25, 0.3) is 0 Å². The fourth-order valence-electron chi connectivity index (χ4n) is 2.55. The SMILES string of the molecule is C[NH+]1C=CC(/C=C/c2ccc(NCCC[n+]3cc[nH]c3)cc2)=C1. The van der Waals surface area contributed by atoms with Gasteiger partial charge in [-0.1, -0.05) is 18.2 Å². The molecular weight excluding hydrogens is 284 g/mol. The molecule has 0 spiro atoms. The van der Waals surface area contributed by atoms with Crippen LogP contribution in [0.5, 0.6) is 0 Å². The third-order valence-corrected chi connectivity index (χ3v) is 3.84. The molecule has 1 aliphatic rings. The Bertz CT molecular complexity index is 693. The first-order chi connectivity index (χ1) is 11.3. The van der Waals surface area contributed by atoms with Crippen molar-refractivity contribution < 1.29 is 9.47 Å². The maximum atomic E-state index is 3.46. The van der Waals surface area contributed by atoms with Gasteiger partial charge in [0.2, 0.25) is 6.33 Å². The molecule has 4 heteroatoms. The third kappa shape index (κ3) is 4.69. The molecule has 0 saturated heterocycles. The number of anilines is 1. The normalized spacial score (nSPS) is 16.9. The van der Waals surface area contributed by atoms with Crippen LogP contribution in [0.15, 0.2) is 73.1 Å². The van der Waals surface area contributed by atoms with E-state index in [1.807, 2.05) is 12.5 Å². The number of quaternary nitrogens is 1. The Morgan fingerprint density at radius 2 is 2.09 bits per heavy atom. The van der Waals surface area contributed by atoms with Crippen molar-refractivity contribution in [2.75, 3.05) is 18.9 Å². The first-order valence-electron chi connectivity index (χ1n) is 8.07. The molecule has 0 bridgehead atoms. The summed E-state index contributed by atoms with van der Waals surface area (Å²) < 4.78 is 2.15. The smallest absolute Gasteiger partial charge is 0.241 e. The first kappa shape index (κ1) is 15.3. The Hall–Kier alpha value is -2.59. The summed E-state index contributed by atoms with van der Waals surface area (Å²) in [5, 5.41) is 3.46. The van der Waals surface area contributed by atoms with E-state index in [0.717, 1.165) is 19.5 Å². The molecule has 1 aliphatic heterocycles. The Labute approximate surface area is 137 Å². The predicted molar refractivity (Wildman–Crippen MR) is 93.7 cm³/mol. The molecule has 0 amide bonds. The molecule has 0 saturated carbocycles. The van der Waals surface area contributed by atoms with Crippen molar-refractivity contribution in [3.05, 3.63) is 78.7 Å². The first-order valence-corrected chi connectivity index (χ1v) is 8.07. The monoisotopic (exact) mass is 308 g/mol. The van der Waals surface area contributed by atoms with Crippen LogP contribution in [0, 0.1) is 0 Å². The summed E-state index contributed by atoms with van der Waals surface area (Å²) in [7, 11) is 2.12. The number of nitrogens with one attached hydrogen (secondary N) is 3. The van der Waals surface area contributed by atoms with Crippen molar-refractivity contribution in [3.8, 4) is 0 Å². The highest BCUT2D eigenvalue weighted by molar-refractivity contribution is 5.58. The summed E-state index contributed by atoms with van der Waals surface area (Å²) in [4.78, 5) is 4.36. The van der Waals surface area contributed by atoms with Crippen LogP contribution in [0.2, 0.25) is 0 Å². The van der Waals surface area contributed by atoms with Gasteiger partial charge < -0.3 is 5.32 Å². The van der Waals surface area contributed by atoms with E-state index in [1.165, 1.54) is 21.7 Å². The van der Waals surface area contributed by atoms with E-state index < -0.39 is 0 Å². The molecule has 1 aromatic heterocycles. The molecule has 1 unspecified atom stereocenters. The fourth-order valence-corrected chi connectivity index (χ4v) is 2.55. The van der Waals surface area contributed by atoms with Crippen LogP contribution in [0.4, 0.5) is 5.69 Å². The molecule has 1 aromatic carbocycles. The predicted octanol–water partition coefficient (Wildman–Crippen LogP) is 1.74. The van der Waals surface area contributed by atoms with Gasteiger partial charge in [-0.2, -0.15) is 0 Å². The van der Waals surface area contributed by atoms with E-state index in [-0.39, 0.29) is 0 Å². The largest absolute Gasteiger partial charge is 0.385 e. The zero-order chi connectivity index (χ0) is 15.9.